The second kappa shape index (κ2) is 3.87. The number of carbonyl (C=O) groups is 1. The zero-order chi connectivity index (χ0) is 10.7. The standard InChI is InChI=1S/C9H9NO4/c1-2-6-3-7(5-11)9(12)8(4-6)10(13)14/h3-5,12H,2H2,1H3. The highest BCUT2D eigenvalue weighted by atomic mass is 16.6. The highest BCUT2D eigenvalue weighted by Gasteiger charge is 2.17. The van der Waals surface area contributed by atoms with Crippen LogP contribution in [0.3, 0.4) is 0 Å². The zero-order valence-corrected chi connectivity index (χ0v) is 7.56. The van der Waals surface area contributed by atoms with Crippen molar-refractivity contribution in [2.45, 2.75) is 13.3 Å². The lowest BCUT2D eigenvalue weighted by atomic mass is 10.1. The van der Waals surface area contributed by atoms with Crippen LogP contribution in [0.2, 0.25) is 0 Å². The molecule has 5 heteroatoms. The van der Waals surface area contributed by atoms with Gasteiger partial charge in [-0.2, -0.15) is 0 Å². The molecule has 0 bridgehead atoms. The molecule has 0 radical (unpaired) electrons. The van der Waals surface area contributed by atoms with Gasteiger partial charge in [-0.1, -0.05) is 6.92 Å². The number of nitro groups is 1. The van der Waals surface area contributed by atoms with Crippen LogP contribution < -0.4 is 0 Å². The van der Waals surface area contributed by atoms with E-state index in [-0.39, 0.29) is 5.56 Å². The van der Waals surface area contributed by atoms with Gasteiger partial charge in [0.2, 0.25) is 5.75 Å². The zero-order valence-electron chi connectivity index (χ0n) is 7.56. The topological polar surface area (TPSA) is 80.4 Å². The van der Waals surface area contributed by atoms with Gasteiger partial charge in [0.05, 0.1) is 10.5 Å². The third-order valence-corrected chi connectivity index (χ3v) is 1.91. The molecule has 5 nitrogen and oxygen atoms in total. The maximum absolute atomic E-state index is 10.5. The van der Waals surface area contributed by atoms with Crippen LogP contribution in [0.25, 0.3) is 0 Å². The molecule has 14 heavy (non-hydrogen) atoms. The van der Waals surface area contributed by atoms with Gasteiger partial charge in [-0.05, 0) is 18.1 Å². The van der Waals surface area contributed by atoms with E-state index < -0.39 is 16.4 Å². The van der Waals surface area contributed by atoms with Gasteiger partial charge in [-0.25, -0.2) is 0 Å². The van der Waals surface area contributed by atoms with E-state index in [2.05, 4.69) is 0 Å². The number of nitro benzene ring substituents is 1. The van der Waals surface area contributed by atoms with E-state index in [9.17, 15) is 20.0 Å². The van der Waals surface area contributed by atoms with Crippen LogP contribution in [-0.4, -0.2) is 16.3 Å². The number of aromatic hydroxyl groups is 1. The van der Waals surface area contributed by atoms with E-state index in [1.165, 1.54) is 12.1 Å². The summed E-state index contributed by atoms with van der Waals surface area (Å²) in [5, 5.41) is 19.8. The minimum atomic E-state index is -0.707. The lowest BCUT2D eigenvalue weighted by molar-refractivity contribution is -0.385. The van der Waals surface area contributed by atoms with Crippen LogP contribution >= 0.6 is 0 Å². The molecule has 0 aromatic heterocycles. The lowest BCUT2D eigenvalue weighted by Crippen LogP contribution is -1.94. The molecule has 0 atom stereocenters. The summed E-state index contributed by atoms with van der Waals surface area (Å²) in [4.78, 5) is 20.3. The van der Waals surface area contributed by atoms with Gasteiger partial charge < -0.3 is 5.11 Å². The average Bonchev–Trinajstić information content (AvgIpc) is 2.17. The number of rotatable bonds is 3. The molecule has 0 aliphatic carbocycles. The first kappa shape index (κ1) is 10.2. The van der Waals surface area contributed by atoms with Gasteiger partial charge >= 0.3 is 5.69 Å². The van der Waals surface area contributed by atoms with Gasteiger partial charge in [0.1, 0.15) is 0 Å². The SMILES string of the molecule is CCc1cc(C=O)c(O)c([N+](=O)[O-])c1. The summed E-state index contributed by atoms with van der Waals surface area (Å²) >= 11 is 0. The summed E-state index contributed by atoms with van der Waals surface area (Å²) in [6.07, 6.45) is 0.976. The molecule has 0 aliphatic heterocycles. The summed E-state index contributed by atoms with van der Waals surface area (Å²) in [7, 11) is 0. The van der Waals surface area contributed by atoms with Crippen molar-refractivity contribution in [3.63, 3.8) is 0 Å². The van der Waals surface area contributed by atoms with Crippen LogP contribution in [-0.2, 0) is 6.42 Å². The van der Waals surface area contributed by atoms with E-state index in [0.717, 1.165) is 0 Å². The largest absolute Gasteiger partial charge is 0.502 e. The first-order chi connectivity index (χ1) is 6.60. The first-order valence-corrected chi connectivity index (χ1v) is 4.05. The Bertz CT molecular complexity index is 387. The fourth-order valence-corrected chi connectivity index (χ4v) is 1.13. The molecule has 0 amide bonds. The Hall–Kier alpha value is -1.91. The van der Waals surface area contributed by atoms with Crippen molar-refractivity contribution in [3.8, 4) is 5.75 Å². The van der Waals surface area contributed by atoms with Crippen LogP contribution in [0.1, 0.15) is 22.8 Å². The molecule has 0 aliphatic rings. The third kappa shape index (κ3) is 1.71. The van der Waals surface area contributed by atoms with Crippen molar-refractivity contribution in [2.75, 3.05) is 0 Å². The second-order valence-corrected chi connectivity index (χ2v) is 2.78. The number of hydrogen-bond donors (Lipinski definition) is 1. The van der Waals surface area contributed by atoms with Crippen LogP contribution in [0.4, 0.5) is 5.69 Å². The number of aryl methyl sites for hydroxylation is 1. The minimum absolute atomic E-state index is 0.0453. The Balaban J connectivity index is 3.41. The van der Waals surface area contributed by atoms with Crippen LogP contribution in [0, 0.1) is 10.1 Å². The van der Waals surface area contributed by atoms with Crippen LogP contribution in [0.5, 0.6) is 5.75 Å². The predicted molar refractivity (Wildman–Crippen MR) is 49.5 cm³/mol. The predicted octanol–water partition coefficient (Wildman–Crippen LogP) is 1.68. The van der Waals surface area contributed by atoms with Gasteiger partial charge in [0.15, 0.2) is 6.29 Å². The van der Waals surface area contributed by atoms with Crippen LogP contribution in [0.15, 0.2) is 12.1 Å². The quantitative estimate of drug-likeness (QED) is 0.452. The molecule has 0 heterocycles. The van der Waals surface area contributed by atoms with Crippen molar-refractivity contribution >= 4 is 12.0 Å². The van der Waals surface area contributed by atoms with E-state index in [1.807, 2.05) is 6.92 Å². The molecular formula is C9H9NO4. The van der Waals surface area contributed by atoms with E-state index >= 15 is 0 Å². The molecule has 0 fully saturated rings. The Labute approximate surface area is 80.1 Å². The number of nitrogens with zero attached hydrogens (tertiary/aromatic N) is 1. The summed E-state index contributed by atoms with van der Waals surface area (Å²) in [6.45, 7) is 1.81. The fourth-order valence-electron chi connectivity index (χ4n) is 1.13. The Morgan fingerprint density at radius 2 is 2.21 bits per heavy atom. The highest BCUT2D eigenvalue weighted by Crippen LogP contribution is 2.30. The van der Waals surface area contributed by atoms with Gasteiger partial charge in [-0.3, -0.25) is 14.9 Å². The third-order valence-electron chi connectivity index (χ3n) is 1.91. The first-order valence-electron chi connectivity index (χ1n) is 4.05. The van der Waals surface area contributed by atoms with E-state index in [1.54, 1.807) is 0 Å². The van der Waals surface area contributed by atoms with Gasteiger partial charge in [0, 0.05) is 6.07 Å². The second-order valence-electron chi connectivity index (χ2n) is 2.78. The van der Waals surface area contributed by atoms with Crippen molar-refractivity contribution < 1.29 is 14.8 Å². The highest BCUT2D eigenvalue weighted by molar-refractivity contribution is 5.82. The molecule has 1 N–H and O–H groups in total. The molecule has 0 saturated carbocycles. The maximum atomic E-state index is 10.5. The Morgan fingerprint density at radius 3 is 2.64 bits per heavy atom. The number of aldehydes is 1. The molecule has 0 spiro atoms. The fraction of sp³-hybridized carbons (Fsp3) is 0.222. The molecule has 1 aromatic rings. The number of phenols is 1. The summed E-state index contributed by atoms with van der Waals surface area (Å²) in [6, 6.07) is 2.71. The summed E-state index contributed by atoms with van der Waals surface area (Å²) in [5.41, 5.74) is 0.180. The molecule has 0 unspecified atom stereocenters. The maximum Gasteiger partial charge on any atom is 0.311 e. The molecular weight excluding hydrogens is 186 g/mol. The van der Waals surface area contributed by atoms with Gasteiger partial charge in [-0.15, -0.1) is 0 Å². The average molecular weight is 195 g/mol. The monoisotopic (exact) mass is 195 g/mol. The minimum Gasteiger partial charge on any atom is -0.502 e. The molecule has 0 saturated heterocycles. The smallest absolute Gasteiger partial charge is 0.311 e. The Morgan fingerprint density at radius 1 is 1.57 bits per heavy atom. The lowest BCUT2D eigenvalue weighted by Gasteiger charge is -2.02. The summed E-state index contributed by atoms with van der Waals surface area (Å²) in [5.74, 6) is -0.567. The number of hydrogen-bond acceptors (Lipinski definition) is 4. The number of benzene rings is 1. The summed E-state index contributed by atoms with van der Waals surface area (Å²) < 4.78 is 0. The normalized spacial score (nSPS) is 9.79. The molecule has 1 rings (SSSR count). The van der Waals surface area contributed by atoms with E-state index in [0.29, 0.717) is 18.3 Å². The van der Waals surface area contributed by atoms with Gasteiger partial charge in [0.25, 0.3) is 0 Å². The van der Waals surface area contributed by atoms with Crippen molar-refractivity contribution in [1.29, 1.82) is 0 Å². The van der Waals surface area contributed by atoms with E-state index in [4.69, 9.17) is 0 Å². The molecule has 74 valence electrons. The number of carbonyl (C=O) groups excluding carboxylic acids is 1. The number of phenolic OH excluding ortho intramolecular Hbond substituents is 1. The molecule has 1 aromatic carbocycles. The van der Waals surface area contributed by atoms with Crippen molar-refractivity contribution in [2.24, 2.45) is 0 Å². The van der Waals surface area contributed by atoms with Crippen molar-refractivity contribution in [3.05, 3.63) is 33.4 Å². The Kier molecular flexibility index (Phi) is 2.81. The van der Waals surface area contributed by atoms with Crippen molar-refractivity contribution in [1.82, 2.24) is 0 Å².